The molecule has 1 fully saturated rings. The highest BCUT2D eigenvalue weighted by Crippen LogP contribution is 2.19. The Bertz CT molecular complexity index is 887. The summed E-state index contributed by atoms with van der Waals surface area (Å²) in [6, 6.07) is 13.7. The van der Waals surface area contributed by atoms with E-state index in [4.69, 9.17) is 5.73 Å². The van der Waals surface area contributed by atoms with E-state index in [1.54, 1.807) is 48.5 Å². The monoisotopic (exact) mass is 394 g/mol. The maximum atomic E-state index is 12.6. The van der Waals surface area contributed by atoms with Gasteiger partial charge in [0.15, 0.2) is 0 Å². The molecule has 2 aromatic rings. The van der Waals surface area contributed by atoms with E-state index >= 15 is 0 Å². The third-order valence-electron chi connectivity index (χ3n) is 5.12. The average molecular weight is 394 g/mol. The number of anilines is 2. The molecule has 0 unspecified atom stereocenters. The molecule has 0 atom stereocenters. The van der Waals surface area contributed by atoms with Gasteiger partial charge in [-0.15, -0.1) is 0 Å². The summed E-state index contributed by atoms with van der Waals surface area (Å²) in [5.41, 5.74) is 7.33. The lowest BCUT2D eigenvalue weighted by Crippen LogP contribution is -2.37. The number of para-hydroxylation sites is 1. The fraction of sp³-hybridized carbons (Fsp3) is 0.318. The highest BCUT2D eigenvalue weighted by Gasteiger charge is 2.21. The van der Waals surface area contributed by atoms with Crippen LogP contribution in [0.1, 0.15) is 40.5 Å². The molecule has 0 aromatic heterocycles. The number of carbonyl (C=O) groups excluding carboxylic acids is 3. The molecule has 29 heavy (non-hydrogen) atoms. The molecule has 7 heteroatoms. The number of benzene rings is 2. The number of hydrogen-bond acceptors (Lipinski definition) is 4. The first kappa shape index (κ1) is 20.4. The SMILES string of the molecule is CC1CCN(C(=O)c2ccc(NCC(=O)Nc3ccccc3C(N)=O)cc2)CC1. The Labute approximate surface area is 170 Å². The van der Waals surface area contributed by atoms with Crippen molar-refractivity contribution in [1.29, 1.82) is 0 Å². The van der Waals surface area contributed by atoms with Crippen molar-refractivity contribution in [2.75, 3.05) is 30.3 Å². The van der Waals surface area contributed by atoms with Gasteiger partial charge in [-0.1, -0.05) is 19.1 Å². The van der Waals surface area contributed by atoms with Crippen molar-refractivity contribution in [3.05, 3.63) is 59.7 Å². The van der Waals surface area contributed by atoms with E-state index in [1.165, 1.54) is 0 Å². The Morgan fingerprint density at radius 2 is 1.69 bits per heavy atom. The maximum Gasteiger partial charge on any atom is 0.253 e. The van der Waals surface area contributed by atoms with E-state index in [-0.39, 0.29) is 23.9 Å². The predicted molar refractivity (Wildman–Crippen MR) is 113 cm³/mol. The van der Waals surface area contributed by atoms with Gasteiger partial charge in [0.1, 0.15) is 0 Å². The third-order valence-corrected chi connectivity index (χ3v) is 5.12. The fourth-order valence-electron chi connectivity index (χ4n) is 3.31. The second kappa shape index (κ2) is 9.23. The van der Waals surface area contributed by atoms with Crippen molar-refractivity contribution >= 4 is 29.1 Å². The Morgan fingerprint density at radius 3 is 2.34 bits per heavy atom. The maximum absolute atomic E-state index is 12.6. The Hall–Kier alpha value is -3.35. The minimum Gasteiger partial charge on any atom is -0.376 e. The van der Waals surface area contributed by atoms with Crippen LogP contribution >= 0.6 is 0 Å². The molecule has 0 spiro atoms. The van der Waals surface area contributed by atoms with Crippen LogP contribution in [-0.2, 0) is 4.79 Å². The lowest BCUT2D eigenvalue weighted by molar-refractivity contribution is -0.114. The van der Waals surface area contributed by atoms with Crippen molar-refractivity contribution in [2.24, 2.45) is 11.7 Å². The summed E-state index contributed by atoms with van der Waals surface area (Å²) >= 11 is 0. The molecule has 1 aliphatic heterocycles. The number of nitrogens with two attached hydrogens (primary N) is 1. The molecular weight excluding hydrogens is 368 g/mol. The lowest BCUT2D eigenvalue weighted by Gasteiger charge is -2.30. The van der Waals surface area contributed by atoms with Crippen LogP contribution in [0.2, 0.25) is 0 Å². The smallest absolute Gasteiger partial charge is 0.253 e. The fourth-order valence-corrected chi connectivity index (χ4v) is 3.31. The molecule has 7 nitrogen and oxygen atoms in total. The van der Waals surface area contributed by atoms with Crippen LogP contribution < -0.4 is 16.4 Å². The van der Waals surface area contributed by atoms with Crippen LogP contribution in [0.25, 0.3) is 0 Å². The number of piperidine rings is 1. The van der Waals surface area contributed by atoms with Crippen molar-refractivity contribution in [3.63, 3.8) is 0 Å². The third kappa shape index (κ3) is 5.34. The number of amides is 3. The first-order chi connectivity index (χ1) is 13.9. The first-order valence-electron chi connectivity index (χ1n) is 9.76. The molecule has 0 aliphatic carbocycles. The minimum atomic E-state index is -0.600. The molecule has 3 amide bonds. The van der Waals surface area contributed by atoms with Crippen LogP contribution in [0, 0.1) is 5.92 Å². The van der Waals surface area contributed by atoms with Crippen LogP contribution in [0.15, 0.2) is 48.5 Å². The van der Waals surface area contributed by atoms with E-state index in [0.717, 1.165) is 31.6 Å². The molecule has 2 aromatic carbocycles. The van der Waals surface area contributed by atoms with Crippen molar-refractivity contribution in [1.82, 2.24) is 4.90 Å². The largest absolute Gasteiger partial charge is 0.376 e. The summed E-state index contributed by atoms with van der Waals surface area (Å²) in [6.07, 6.45) is 2.08. The molecule has 3 rings (SSSR count). The van der Waals surface area contributed by atoms with Crippen molar-refractivity contribution in [3.8, 4) is 0 Å². The summed E-state index contributed by atoms with van der Waals surface area (Å²) in [7, 11) is 0. The average Bonchev–Trinajstić information content (AvgIpc) is 2.73. The summed E-state index contributed by atoms with van der Waals surface area (Å²) in [5.74, 6) is -0.186. The van der Waals surface area contributed by atoms with Gasteiger partial charge in [0.05, 0.1) is 17.8 Å². The van der Waals surface area contributed by atoms with Crippen molar-refractivity contribution in [2.45, 2.75) is 19.8 Å². The molecular formula is C22H26N4O3. The number of hydrogen-bond donors (Lipinski definition) is 3. The quantitative estimate of drug-likeness (QED) is 0.701. The Kier molecular flexibility index (Phi) is 6.49. The Balaban J connectivity index is 1.53. The molecule has 152 valence electrons. The van der Waals surface area contributed by atoms with Crippen LogP contribution in [0.5, 0.6) is 0 Å². The van der Waals surface area contributed by atoms with Gasteiger partial charge in [-0.05, 0) is 55.2 Å². The number of primary amides is 1. The second-order valence-corrected chi connectivity index (χ2v) is 7.36. The summed E-state index contributed by atoms with van der Waals surface area (Å²) in [6.45, 7) is 3.83. The standard InChI is InChI=1S/C22H26N4O3/c1-15-10-12-26(13-11-15)22(29)16-6-8-17(9-7-16)24-14-20(27)25-19-5-3-2-4-18(19)21(23)28/h2-9,15,24H,10-14H2,1H3,(H2,23,28)(H,25,27). The van der Waals surface area contributed by atoms with E-state index in [0.29, 0.717) is 17.2 Å². The highest BCUT2D eigenvalue weighted by molar-refractivity contribution is 6.03. The van der Waals surface area contributed by atoms with E-state index in [1.807, 2.05) is 4.90 Å². The van der Waals surface area contributed by atoms with E-state index < -0.39 is 5.91 Å². The molecule has 1 heterocycles. The number of carbonyl (C=O) groups is 3. The number of likely N-dealkylation sites (tertiary alicyclic amines) is 1. The molecule has 0 bridgehead atoms. The summed E-state index contributed by atoms with van der Waals surface area (Å²) in [4.78, 5) is 38.1. The topological polar surface area (TPSA) is 105 Å². The number of nitrogens with one attached hydrogen (secondary N) is 2. The number of nitrogens with zero attached hydrogens (tertiary/aromatic N) is 1. The van der Waals surface area contributed by atoms with E-state index in [9.17, 15) is 14.4 Å². The van der Waals surface area contributed by atoms with Crippen molar-refractivity contribution < 1.29 is 14.4 Å². The number of rotatable bonds is 6. The van der Waals surface area contributed by atoms with Crippen LogP contribution in [0.4, 0.5) is 11.4 Å². The first-order valence-corrected chi connectivity index (χ1v) is 9.76. The Morgan fingerprint density at radius 1 is 1.03 bits per heavy atom. The van der Waals surface area contributed by atoms with Gasteiger partial charge in [-0.25, -0.2) is 0 Å². The normalized spacial score (nSPS) is 14.3. The molecule has 4 N–H and O–H groups in total. The highest BCUT2D eigenvalue weighted by atomic mass is 16.2. The van der Waals surface area contributed by atoms with Gasteiger partial charge in [0.25, 0.3) is 11.8 Å². The summed E-state index contributed by atoms with van der Waals surface area (Å²) < 4.78 is 0. The van der Waals surface area contributed by atoms with Gasteiger partial charge >= 0.3 is 0 Å². The zero-order valence-corrected chi connectivity index (χ0v) is 16.5. The van der Waals surface area contributed by atoms with Gasteiger partial charge in [-0.3, -0.25) is 14.4 Å². The molecule has 0 radical (unpaired) electrons. The predicted octanol–water partition coefficient (Wildman–Crippen LogP) is 2.71. The van der Waals surface area contributed by atoms with Crippen LogP contribution in [0.3, 0.4) is 0 Å². The molecule has 1 aliphatic rings. The minimum absolute atomic E-state index is 0.0183. The van der Waals surface area contributed by atoms with Gasteiger partial charge in [-0.2, -0.15) is 0 Å². The van der Waals surface area contributed by atoms with Gasteiger partial charge in [0, 0.05) is 24.3 Å². The van der Waals surface area contributed by atoms with Gasteiger partial charge in [0.2, 0.25) is 5.91 Å². The molecule has 1 saturated heterocycles. The second-order valence-electron chi connectivity index (χ2n) is 7.36. The van der Waals surface area contributed by atoms with E-state index in [2.05, 4.69) is 17.6 Å². The van der Waals surface area contributed by atoms with Gasteiger partial charge < -0.3 is 21.3 Å². The summed E-state index contributed by atoms with van der Waals surface area (Å²) in [5, 5.41) is 5.69. The zero-order valence-electron chi connectivity index (χ0n) is 16.5. The zero-order chi connectivity index (χ0) is 20.8. The lowest BCUT2D eigenvalue weighted by atomic mass is 9.98. The molecule has 0 saturated carbocycles. The van der Waals surface area contributed by atoms with Crippen LogP contribution in [-0.4, -0.2) is 42.3 Å².